The van der Waals surface area contributed by atoms with E-state index < -0.39 is 0 Å². The Kier molecular flexibility index (Phi) is 14.3. The maximum atomic E-state index is 10.3. The monoisotopic (exact) mass is 308 g/mol. The highest BCUT2D eigenvalue weighted by Gasteiger charge is 1.82. The maximum Gasteiger partial charge on any atom is 0.155 e. The van der Waals surface area contributed by atoms with Crippen LogP contribution in [0.2, 0.25) is 0 Å². The highest BCUT2D eigenvalue weighted by Crippen LogP contribution is 1.83. The lowest BCUT2D eigenvalue weighted by Gasteiger charge is -1.85. The van der Waals surface area contributed by atoms with E-state index in [9.17, 15) is 19.2 Å². The van der Waals surface area contributed by atoms with Gasteiger partial charge in [0.2, 0.25) is 0 Å². The molecule has 22 heavy (non-hydrogen) atoms. The van der Waals surface area contributed by atoms with Gasteiger partial charge in [0.15, 0.2) is 23.1 Å². The first-order chi connectivity index (χ1) is 10.3. The second kappa shape index (κ2) is 14.6. The Balaban J connectivity index is 0. The summed E-state index contributed by atoms with van der Waals surface area (Å²) in [5.41, 5.74) is 0. The van der Waals surface area contributed by atoms with Gasteiger partial charge in [-0.2, -0.15) is 0 Å². The summed E-state index contributed by atoms with van der Waals surface area (Å²) in [4.78, 5) is 41.1. The summed E-state index contributed by atoms with van der Waals surface area (Å²) in [7, 11) is 0. The number of hydrogen-bond donors (Lipinski definition) is 0. The third-order valence-corrected chi connectivity index (χ3v) is 1.53. The quantitative estimate of drug-likeness (QED) is 0.505. The van der Waals surface area contributed by atoms with Crippen LogP contribution in [0.3, 0.4) is 0 Å². The highest BCUT2D eigenvalue weighted by molar-refractivity contribution is 5.88. The van der Waals surface area contributed by atoms with Gasteiger partial charge < -0.3 is 9.47 Å². The van der Waals surface area contributed by atoms with Gasteiger partial charge in [-0.25, -0.2) is 0 Å². The van der Waals surface area contributed by atoms with Gasteiger partial charge in [0.1, 0.15) is 0 Å². The number of rotatable bonds is 8. The Morgan fingerprint density at radius 1 is 0.500 bits per heavy atom. The minimum atomic E-state index is -0.0961. The largest absolute Gasteiger partial charge is 0.472 e. The molecule has 0 saturated heterocycles. The molecule has 120 valence electrons. The predicted molar refractivity (Wildman–Crippen MR) is 81.5 cm³/mol. The molecule has 0 spiro atoms. The molecular formula is C16H20O6. The summed E-state index contributed by atoms with van der Waals surface area (Å²) in [5.74, 6) is -0.384. The topological polar surface area (TPSA) is 86.7 Å². The Labute approximate surface area is 129 Å². The molecule has 0 heterocycles. The van der Waals surface area contributed by atoms with Crippen molar-refractivity contribution in [2.45, 2.75) is 27.7 Å². The average Bonchev–Trinajstić information content (AvgIpc) is 2.37. The van der Waals surface area contributed by atoms with Crippen LogP contribution in [0.1, 0.15) is 27.7 Å². The van der Waals surface area contributed by atoms with Gasteiger partial charge in [-0.3, -0.25) is 19.2 Å². The van der Waals surface area contributed by atoms with Crippen LogP contribution in [0.4, 0.5) is 0 Å². The van der Waals surface area contributed by atoms with Crippen molar-refractivity contribution in [1.29, 1.82) is 0 Å². The molecule has 0 fully saturated rings. The van der Waals surface area contributed by atoms with Crippen LogP contribution in [0.25, 0.3) is 0 Å². The van der Waals surface area contributed by atoms with Crippen molar-refractivity contribution in [3.05, 3.63) is 49.4 Å². The molecule has 0 rings (SSSR count). The van der Waals surface area contributed by atoms with Crippen LogP contribution in [0, 0.1) is 0 Å². The summed E-state index contributed by atoms with van der Waals surface area (Å²) < 4.78 is 9.30. The van der Waals surface area contributed by atoms with Crippen molar-refractivity contribution in [2.75, 3.05) is 0 Å². The fraction of sp³-hybridized carbons (Fsp3) is 0.250. The lowest BCUT2D eigenvalue weighted by molar-refractivity contribution is -0.113. The zero-order valence-electron chi connectivity index (χ0n) is 13.1. The maximum absolute atomic E-state index is 10.3. The number of ketones is 4. The minimum Gasteiger partial charge on any atom is -0.472 e. The zero-order valence-corrected chi connectivity index (χ0v) is 13.1. The van der Waals surface area contributed by atoms with Crippen molar-refractivity contribution in [3.8, 4) is 0 Å². The van der Waals surface area contributed by atoms with Gasteiger partial charge in [-0.1, -0.05) is 0 Å². The van der Waals surface area contributed by atoms with E-state index in [1.807, 2.05) is 0 Å². The Morgan fingerprint density at radius 3 is 0.818 bits per heavy atom. The molecule has 0 unspecified atom stereocenters. The molecule has 6 heteroatoms. The predicted octanol–water partition coefficient (Wildman–Crippen LogP) is 2.42. The summed E-state index contributed by atoms with van der Waals surface area (Å²) in [6.07, 6.45) is 9.97. The normalized spacial score (nSPS) is 10.7. The molecule has 0 bridgehead atoms. The van der Waals surface area contributed by atoms with Gasteiger partial charge in [0, 0.05) is 24.3 Å². The smallest absolute Gasteiger partial charge is 0.155 e. The molecule has 0 N–H and O–H groups in total. The van der Waals surface area contributed by atoms with E-state index in [0.717, 1.165) is 0 Å². The van der Waals surface area contributed by atoms with Gasteiger partial charge >= 0.3 is 0 Å². The summed E-state index contributed by atoms with van der Waals surface area (Å²) in [6, 6.07) is 0. The second-order valence-corrected chi connectivity index (χ2v) is 3.93. The first kappa shape index (κ1) is 21.5. The van der Waals surface area contributed by atoms with E-state index in [2.05, 4.69) is 9.47 Å². The molecule has 0 amide bonds. The number of carbonyl (C=O) groups excluding carboxylic acids is 4. The van der Waals surface area contributed by atoms with Gasteiger partial charge in [0.25, 0.3) is 0 Å². The summed E-state index contributed by atoms with van der Waals surface area (Å²) >= 11 is 0. The average molecular weight is 308 g/mol. The molecule has 0 aromatic carbocycles. The van der Waals surface area contributed by atoms with E-state index in [0.29, 0.717) is 0 Å². The highest BCUT2D eigenvalue weighted by atomic mass is 16.5. The SMILES string of the molecule is CC(=O)/C=C/O/C=C/C(C)=O.CC(=O)/C=C/O/C=C/C(C)=O. The molecule has 0 aliphatic heterocycles. The van der Waals surface area contributed by atoms with Gasteiger partial charge in [-0.05, 0) is 27.7 Å². The molecule has 0 aliphatic rings. The zero-order chi connectivity index (χ0) is 17.4. The van der Waals surface area contributed by atoms with Crippen LogP contribution < -0.4 is 0 Å². The summed E-state index contributed by atoms with van der Waals surface area (Å²) in [6.45, 7) is 5.65. The Hall–Kier alpha value is -2.76. The lowest BCUT2D eigenvalue weighted by Crippen LogP contribution is -1.82. The van der Waals surface area contributed by atoms with Crippen LogP contribution in [-0.4, -0.2) is 23.1 Å². The third kappa shape index (κ3) is 25.9. The fourth-order valence-electron chi connectivity index (χ4n) is 0.631. The molecule has 0 atom stereocenters. The van der Waals surface area contributed by atoms with Crippen LogP contribution in [-0.2, 0) is 28.7 Å². The van der Waals surface area contributed by atoms with E-state index in [-0.39, 0.29) is 23.1 Å². The van der Waals surface area contributed by atoms with Crippen LogP contribution in [0.15, 0.2) is 49.4 Å². The Bertz CT molecular complexity index is 405. The minimum absolute atomic E-state index is 0.0961. The number of ether oxygens (including phenoxy) is 2. The number of allylic oxidation sites excluding steroid dienone is 4. The van der Waals surface area contributed by atoms with Gasteiger partial charge in [0.05, 0.1) is 25.0 Å². The number of carbonyl (C=O) groups is 4. The van der Waals surface area contributed by atoms with Crippen molar-refractivity contribution in [2.24, 2.45) is 0 Å². The molecular weight excluding hydrogens is 288 g/mol. The molecule has 0 saturated carbocycles. The van der Waals surface area contributed by atoms with E-state index >= 15 is 0 Å². The first-order valence-corrected chi connectivity index (χ1v) is 6.25. The first-order valence-electron chi connectivity index (χ1n) is 6.25. The Morgan fingerprint density at radius 2 is 0.682 bits per heavy atom. The van der Waals surface area contributed by atoms with Crippen molar-refractivity contribution >= 4 is 23.1 Å². The van der Waals surface area contributed by atoms with E-state index in [1.54, 1.807) is 0 Å². The lowest BCUT2D eigenvalue weighted by atomic mass is 10.4. The van der Waals surface area contributed by atoms with Crippen LogP contribution in [0.5, 0.6) is 0 Å². The third-order valence-electron chi connectivity index (χ3n) is 1.53. The summed E-state index contributed by atoms with van der Waals surface area (Å²) in [5, 5.41) is 0. The molecule has 0 aromatic rings. The van der Waals surface area contributed by atoms with E-state index in [1.165, 1.54) is 77.0 Å². The van der Waals surface area contributed by atoms with Gasteiger partial charge in [-0.15, -0.1) is 0 Å². The van der Waals surface area contributed by atoms with E-state index in [4.69, 9.17) is 0 Å². The molecule has 0 radical (unpaired) electrons. The molecule has 0 aliphatic carbocycles. The molecule has 6 nitrogen and oxygen atoms in total. The number of hydrogen-bond acceptors (Lipinski definition) is 6. The van der Waals surface area contributed by atoms with Crippen molar-refractivity contribution in [3.63, 3.8) is 0 Å². The van der Waals surface area contributed by atoms with Crippen LogP contribution >= 0.6 is 0 Å². The standard InChI is InChI=1S/2C8H10O3/c2*1-7(9)3-5-11-6-4-8(2)10/h2*3-6H,1-2H3/b2*5-3+,6-4+. The molecule has 0 aromatic heterocycles. The second-order valence-electron chi connectivity index (χ2n) is 3.93. The fourth-order valence-corrected chi connectivity index (χ4v) is 0.631. The van der Waals surface area contributed by atoms with Crippen molar-refractivity contribution in [1.82, 2.24) is 0 Å². The van der Waals surface area contributed by atoms with Crippen molar-refractivity contribution < 1.29 is 28.7 Å².